The molecule has 2 aromatic rings. The topological polar surface area (TPSA) is 70.3 Å². The Morgan fingerprint density at radius 3 is 2.67 bits per heavy atom. The van der Waals surface area contributed by atoms with E-state index in [2.05, 4.69) is 15.9 Å². The third-order valence-electron chi connectivity index (χ3n) is 2.56. The van der Waals surface area contributed by atoms with Crippen molar-refractivity contribution in [1.29, 1.82) is 5.26 Å². The van der Waals surface area contributed by atoms with Crippen molar-refractivity contribution in [1.82, 2.24) is 0 Å². The van der Waals surface area contributed by atoms with Crippen LogP contribution in [0.1, 0.15) is 15.9 Å². The van der Waals surface area contributed by atoms with Crippen molar-refractivity contribution in [3.8, 4) is 17.6 Å². The summed E-state index contributed by atoms with van der Waals surface area (Å²) in [6.07, 6.45) is 0. The number of benzene rings is 2. The summed E-state index contributed by atoms with van der Waals surface area (Å²) in [7, 11) is 0. The van der Waals surface area contributed by atoms with Gasteiger partial charge in [0.15, 0.2) is 11.6 Å². The fourth-order valence-electron chi connectivity index (χ4n) is 1.57. The largest absolute Gasteiger partial charge is 0.478 e. The Hall–Kier alpha value is -2.10. The van der Waals surface area contributed by atoms with E-state index in [0.29, 0.717) is 0 Å². The van der Waals surface area contributed by atoms with E-state index in [-0.39, 0.29) is 32.1 Å². The molecular weight excluding hydrogens is 365 g/mol. The van der Waals surface area contributed by atoms with E-state index in [0.717, 1.165) is 0 Å². The first-order valence-corrected chi connectivity index (χ1v) is 6.70. The first-order chi connectivity index (χ1) is 9.93. The molecule has 0 aliphatic heterocycles. The van der Waals surface area contributed by atoms with Gasteiger partial charge in [0, 0.05) is 11.1 Å². The number of rotatable bonds is 3. The minimum absolute atomic E-state index is 0.0543. The van der Waals surface area contributed by atoms with Crippen LogP contribution in [0.2, 0.25) is 5.02 Å². The van der Waals surface area contributed by atoms with Crippen LogP contribution in [0.3, 0.4) is 0 Å². The molecular formula is C14H6BrClFNO3. The maximum Gasteiger partial charge on any atom is 0.339 e. The van der Waals surface area contributed by atoms with Gasteiger partial charge in [-0.2, -0.15) is 5.26 Å². The smallest absolute Gasteiger partial charge is 0.339 e. The van der Waals surface area contributed by atoms with Gasteiger partial charge in [-0.1, -0.05) is 11.6 Å². The molecule has 0 amide bonds. The molecule has 0 bridgehead atoms. The fourth-order valence-corrected chi connectivity index (χ4v) is 2.15. The highest BCUT2D eigenvalue weighted by Gasteiger charge is 2.17. The molecule has 0 saturated heterocycles. The molecule has 0 fully saturated rings. The van der Waals surface area contributed by atoms with E-state index in [4.69, 9.17) is 26.7 Å². The molecule has 0 heterocycles. The Morgan fingerprint density at radius 1 is 1.33 bits per heavy atom. The van der Waals surface area contributed by atoms with Crippen LogP contribution in [0.15, 0.2) is 34.8 Å². The monoisotopic (exact) mass is 369 g/mol. The molecule has 0 spiro atoms. The second-order valence-electron chi connectivity index (χ2n) is 3.90. The number of aromatic carboxylic acids is 1. The van der Waals surface area contributed by atoms with Gasteiger partial charge in [0.25, 0.3) is 0 Å². The number of carboxylic acid groups (broad SMARTS) is 1. The molecule has 4 nitrogen and oxygen atoms in total. The predicted molar refractivity (Wildman–Crippen MR) is 77.3 cm³/mol. The van der Waals surface area contributed by atoms with Crippen molar-refractivity contribution in [3.63, 3.8) is 0 Å². The first-order valence-electron chi connectivity index (χ1n) is 5.53. The molecule has 2 aromatic carbocycles. The molecule has 7 heteroatoms. The molecule has 0 saturated carbocycles. The summed E-state index contributed by atoms with van der Waals surface area (Å²) in [5.41, 5.74) is -0.0521. The highest BCUT2D eigenvalue weighted by molar-refractivity contribution is 9.10. The quantitative estimate of drug-likeness (QED) is 0.857. The van der Waals surface area contributed by atoms with E-state index in [1.807, 2.05) is 6.07 Å². The number of hydrogen-bond acceptors (Lipinski definition) is 3. The highest BCUT2D eigenvalue weighted by Crippen LogP contribution is 2.34. The van der Waals surface area contributed by atoms with Crippen LogP contribution < -0.4 is 4.74 Å². The van der Waals surface area contributed by atoms with Gasteiger partial charge in [0.05, 0.1) is 10.0 Å². The van der Waals surface area contributed by atoms with Crippen molar-refractivity contribution in [2.24, 2.45) is 0 Å². The van der Waals surface area contributed by atoms with E-state index in [9.17, 15) is 9.18 Å². The van der Waals surface area contributed by atoms with Crippen LogP contribution >= 0.6 is 27.5 Å². The number of hydrogen-bond donors (Lipinski definition) is 1. The summed E-state index contributed by atoms with van der Waals surface area (Å²) in [6, 6.07) is 8.33. The van der Waals surface area contributed by atoms with E-state index in [1.165, 1.54) is 30.3 Å². The first kappa shape index (κ1) is 15.3. The number of nitriles is 1. The van der Waals surface area contributed by atoms with Crippen molar-refractivity contribution in [2.75, 3.05) is 0 Å². The summed E-state index contributed by atoms with van der Waals surface area (Å²) in [6.45, 7) is 0. The Kier molecular flexibility index (Phi) is 4.46. The number of nitrogens with zero attached hydrogens (tertiary/aromatic N) is 1. The van der Waals surface area contributed by atoms with Gasteiger partial charge in [-0.05, 0) is 40.2 Å². The summed E-state index contributed by atoms with van der Waals surface area (Å²) in [4.78, 5) is 11.1. The predicted octanol–water partition coefficient (Wildman–Crippen LogP) is 4.60. The van der Waals surface area contributed by atoms with Crippen LogP contribution in [-0.4, -0.2) is 11.1 Å². The van der Waals surface area contributed by atoms with Gasteiger partial charge in [0.2, 0.25) is 0 Å². The lowest BCUT2D eigenvalue weighted by atomic mass is 10.2. The zero-order chi connectivity index (χ0) is 15.6. The molecule has 106 valence electrons. The lowest BCUT2D eigenvalue weighted by molar-refractivity contribution is 0.0694. The zero-order valence-corrected chi connectivity index (χ0v) is 12.6. The molecule has 21 heavy (non-hydrogen) atoms. The summed E-state index contributed by atoms with van der Waals surface area (Å²) in [5.74, 6) is -2.34. The SMILES string of the molecule is N#Cc1ccc(Oc2cc(Cl)ccc2C(=O)O)c(F)c1Br. The Balaban J connectivity index is 2.49. The zero-order valence-electron chi connectivity index (χ0n) is 10.2. The Bertz CT molecular complexity index is 774. The average molecular weight is 371 g/mol. The maximum atomic E-state index is 14.1. The second kappa shape index (κ2) is 6.12. The molecule has 0 radical (unpaired) electrons. The Labute approximate surface area is 132 Å². The molecule has 0 atom stereocenters. The van der Waals surface area contributed by atoms with Crippen LogP contribution in [0.25, 0.3) is 0 Å². The minimum Gasteiger partial charge on any atom is -0.478 e. The molecule has 2 rings (SSSR count). The van der Waals surface area contributed by atoms with Crippen LogP contribution in [0.5, 0.6) is 11.5 Å². The lowest BCUT2D eigenvalue weighted by Gasteiger charge is -2.11. The van der Waals surface area contributed by atoms with Crippen LogP contribution in [0.4, 0.5) is 4.39 Å². The van der Waals surface area contributed by atoms with E-state index < -0.39 is 11.8 Å². The van der Waals surface area contributed by atoms with Crippen molar-refractivity contribution in [2.45, 2.75) is 0 Å². The Morgan fingerprint density at radius 2 is 2.05 bits per heavy atom. The van der Waals surface area contributed by atoms with Crippen molar-refractivity contribution >= 4 is 33.5 Å². The molecule has 0 aliphatic rings. The highest BCUT2D eigenvalue weighted by atomic mass is 79.9. The van der Waals surface area contributed by atoms with E-state index in [1.54, 1.807) is 0 Å². The molecule has 0 aliphatic carbocycles. The molecule has 0 unspecified atom stereocenters. The summed E-state index contributed by atoms with van der Waals surface area (Å²) in [5, 5.41) is 18.1. The normalized spacial score (nSPS) is 10.0. The molecule has 0 aromatic heterocycles. The van der Waals surface area contributed by atoms with Gasteiger partial charge in [-0.15, -0.1) is 0 Å². The van der Waals surface area contributed by atoms with Gasteiger partial charge in [-0.3, -0.25) is 0 Å². The van der Waals surface area contributed by atoms with Crippen LogP contribution in [0, 0.1) is 17.1 Å². The fraction of sp³-hybridized carbons (Fsp3) is 0. The standard InChI is InChI=1S/C14H6BrClFNO3/c15-12-7(6-18)1-4-10(13(12)17)21-11-5-8(16)2-3-9(11)14(19)20/h1-5H,(H,19,20). The van der Waals surface area contributed by atoms with Crippen molar-refractivity contribution in [3.05, 3.63) is 56.8 Å². The maximum absolute atomic E-state index is 14.1. The lowest BCUT2D eigenvalue weighted by Crippen LogP contribution is -2.01. The van der Waals surface area contributed by atoms with Gasteiger partial charge in [-0.25, -0.2) is 9.18 Å². The van der Waals surface area contributed by atoms with Gasteiger partial charge >= 0.3 is 5.97 Å². The third kappa shape index (κ3) is 3.15. The molecule has 1 N–H and O–H groups in total. The second-order valence-corrected chi connectivity index (χ2v) is 5.13. The number of halogens is 3. The summed E-state index contributed by atoms with van der Waals surface area (Å²) >= 11 is 8.73. The van der Waals surface area contributed by atoms with Crippen molar-refractivity contribution < 1.29 is 19.0 Å². The van der Waals surface area contributed by atoms with Gasteiger partial charge < -0.3 is 9.84 Å². The third-order valence-corrected chi connectivity index (χ3v) is 3.57. The van der Waals surface area contributed by atoms with E-state index >= 15 is 0 Å². The van der Waals surface area contributed by atoms with Gasteiger partial charge in [0.1, 0.15) is 17.4 Å². The number of carboxylic acids is 1. The van der Waals surface area contributed by atoms with Crippen LogP contribution in [-0.2, 0) is 0 Å². The average Bonchev–Trinajstić information content (AvgIpc) is 2.44. The minimum atomic E-state index is -1.23. The number of ether oxygens (including phenoxy) is 1. The number of carbonyl (C=O) groups is 1. The summed E-state index contributed by atoms with van der Waals surface area (Å²) < 4.78 is 19.3.